The quantitative estimate of drug-likeness (QED) is 0.118. The highest BCUT2D eigenvalue weighted by Crippen LogP contribution is 2.46. The number of aryl methyl sites for hydroxylation is 1. The number of benzene rings is 2. The van der Waals surface area contributed by atoms with Crippen molar-refractivity contribution in [1.29, 1.82) is 0 Å². The highest BCUT2D eigenvalue weighted by Gasteiger charge is 2.41. The molecule has 0 unspecified atom stereocenters. The number of esters is 1. The van der Waals surface area contributed by atoms with E-state index in [1.807, 2.05) is 0 Å². The highest BCUT2D eigenvalue weighted by atomic mass is 19.4. The van der Waals surface area contributed by atoms with Gasteiger partial charge >= 0.3 is 24.7 Å². The van der Waals surface area contributed by atoms with Gasteiger partial charge in [0.2, 0.25) is 5.91 Å². The number of alkyl halides is 9. The number of tetrazole rings is 1. The molecule has 0 N–H and O–H groups in total. The third kappa shape index (κ3) is 9.32. The van der Waals surface area contributed by atoms with E-state index in [1.54, 1.807) is 6.92 Å². The maximum absolute atomic E-state index is 13.7. The van der Waals surface area contributed by atoms with Gasteiger partial charge in [-0.05, 0) is 72.9 Å². The minimum Gasteiger partial charge on any atom is -0.469 e. The van der Waals surface area contributed by atoms with Crippen LogP contribution in [0.1, 0.15) is 73.7 Å². The van der Waals surface area contributed by atoms with E-state index in [0.717, 1.165) is 16.9 Å². The number of hydrogen-bond donors (Lipinski definition) is 0. The molecule has 2 heterocycles. The first-order valence-corrected chi connectivity index (χ1v) is 14.9. The average molecular weight is 711 g/mol. The number of ether oxygens (including phenoxy) is 2. The summed E-state index contributed by atoms with van der Waals surface area (Å²) in [6, 6.07) is 2.55. The summed E-state index contributed by atoms with van der Waals surface area (Å²) in [5.41, 5.74) is -3.39. The van der Waals surface area contributed by atoms with Gasteiger partial charge in [0.15, 0.2) is 0 Å². The molecule has 49 heavy (non-hydrogen) atoms. The second-order valence-electron chi connectivity index (χ2n) is 11.2. The van der Waals surface area contributed by atoms with Crippen LogP contribution in [0.25, 0.3) is 0 Å². The van der Waals surface area contributed by atoms with Crippen molar-refractivity contribution in [2.45, 2.75) is 82.8 Å². The number of nitrogens with zero attached hydrogens (tertiary/aromatic N) is 6. The van der Waals surface area contributed by atoms with Crippen LogP contribution in [0.5, 0.6) is 5.75 Å². The summed E-state index contributed by atoms with van der Waals surface area (Å²) < 4.78 is 131. The number of rotatable bonds is 11. The zero-order valence-electron chi connectivity index (χ0n) is 26.3. The summed E-state index contributed by atoms with van der Waals surface area (Å²) in [6.07, 6.45) is -14.5. The molecule has 1 aliphatic heterocycles. The van der Waals surface area contributed by atoms with Crippen LogP contribution in [-0.2, 0) is 40.3 Å². The fourth-order valence-corrected chi connectivity index (χ4v) is 5.67. The third-order valence-electron chi connectivity index (χ3n) is 7.83. The Hall–Kier alpha value is -4.58. The van der Waals surface area contributed by atoms with Gasteiger partial charge < -0.3 is 19.3 Å². The van der Waals surface area contributed by atoms with Crippen molar-refractivity contribution in [2.24, 2.45) is 7.05 Å². The predicted molar refractivity (Wildman–Crippen MR) is 154 cm³/mol. The number of anilines is 2. The van der Waals surface area contributed by atoms with E-state index in [-0.39, 0.29) is 48.9 Å². The lowest BCUT2D eigenvalue weighted by Gasteiger charge is -2.44. The molecule has 0 radical (unpaired) electrons. The topological polar surface area (TPSA) is 103 Å². The van der Waals surface area contributed by atoms with Crippen LogP contribution in [0.2, 0.25) is 0 Å². The fraction of sp³-hybridized carbons (Fsp3) is 0.500. The van der Waals surface area contributed by atoms with Crippen LogP contribution >= 0.6 is 0 Å². The van der Waals surface area contributed by atoms with Crippen LogP contribution < -0.4 is 14.5 Å². The Morgan fingerprint density at radius 1 is 0.939 bits per heavy atom. The van der Waals surface area contributed by atoms with Crippen molar-refractivity contribution < 1.29 is 58.6 Å². The van der Waals surface area contributed by atoms with Crippen molar-refractivity contribution in [3.63, 3.8) is 0 Å². The van der Waals surface area contributed by atoms with Crippen LogP contribution in [0.4, 0.5) is 51.1 Å². The summed E-state index contributed by atoms with van der Waals surface area (Å²) in [7, 11) is 2.58. The monoisotopic (exact) mass is 710 g/mol. The summed E-state index contributed by atoms with van der Waals surface area (Å²) in [5.74, 6) is -1.81. The van der Waals surface area contributed by atoms with Gasteiger partial charge in [0.05, 0.1) is 31.3 Å². The van der Waals surface area contributed by atoms with E-state index < -0.39 is 71.7 Å². The third-order valence-corrected chi connectivity index (χ3v) is 7.83. The van der Waals surface area contributed by atoms with E-state index in [4.69, 9.17) is 0 Å². The van der Waals surface area contributed by atoms with Crippen molar-refractivity contribution in [1.82, 2.24) is 20.2 Å². The van der Waals surface area contributed by atoms with Crippen molar-refractivity contribution >= 4 is 23.5 Å². The molecule has 10 nitrogen and oxygen atoms in total. The molecule has 1 aliphatic rings. The maximum atomic E-state index is 13.7. The lowest BCUT2D eigenvalue weighted by atomic mass is 9.87. The first-order chi connectivity index (χ1) is 22.8. The van der Waals surface area contributed by atoms with Gasteiger partial charge in [0.1, 0.15) is 5.75 Å². The number of carbonyl (C=O) groups is 2. The molecule has 0 saturated heterocycles. The van der Waals surface area contributed by atoms with Crippen LogP contribution in [0, 0.1) is 0 Å². The molecular weight excluding hydrogens is 679 g/mol. The number of fused-ring (bicyclic) bond motifs is 1. The second-order valence-corrected chi connectivity index (χ2v) is 11.2. The van der Waals surface area contributed by atoms with Crippen molar-refractivity contribution in [2.75, 3.05) is 16.9 Å². The largest absolute Gasteiger partial charge is 0.573 e. The Balaban J connectivity index is 1.84. The second kappa shape index (κ2) is 14.5. The average Bonchev–Trinajstić information content (AvgIpc) is 3.44. The lowest BCUT2D eigenvalue weighted by Crippen LogP contribution is -2.47. The van der Waals surface area contributed by atoms with E-state index in [9.17, 15) is 49.1 Å². The van der Waals surface area contributed by atoms with Crippen LogP contribution in [-0.4, -0.2) is 51.6 Å². The first-order valence-electron chi connectivity index (χ1n) is 14.9. The minimum absolute atomic E-state index is 0.0210. The van der Waals surface area contributed by atoms with Gasteiger partial charge in [-0.3, -0.25) is 9.59 Å². The van der Waals surface area contributed by atoms with Gasteiger partial charge in [-0.15, -0.1) is 18.3 Å². The van der Waals surface area contributed by atoms with E-state index in [0.29, 0.717) is 25.0 Å². The number of halogens is 9. The molecule has 0 saturated carbocycles. The molecule has 2 atom stereocenters. The zero-order chi connectivity index (χ0) is 36.3. The Morgan fingerprint density at radius 3 is 2.10 bits per heavy atom. The van der Waals surface area contributed by atoms with E-state index >= 15 is 0 Å². The molecule has 0 aliphatic carbocycles. The van der Waals surface area contributed by atoms with Gasteiger partial charge in [-0.25, -0.2) is 0 Å². The van der Waals surface area contributed by atoms with Gasteiger partial charge in [-0.2, -0.15) is 31.1 Å². The molecular formula is C30H31F9N6O4. The molecule has 0 spiro atoms. The smallest absolute Gasteiger partial charge is 0.469 e. The predicted octanol–water partition coefficient (Wildman–Crippen LogP) is 7.14. The van der Waals surface area contributed by atoms with E-state index in [1.165, 1.54) is 30.0 Å². The normalized spacial score (nSPS) is 16.7. The zero-order valence-corrected chi connectivity index (χ0v) is 26.3. The summed E-state index contributed by atoms with van der Waals surface area (Å²) in [4.78, 5) is 28.7. The highest BCUT2D eigenvalue weighted by molar-refractivity contribution is 5.95. The lowest BCUT2D eigenvalue weighted by molar-refractivity contribution is -0.274. The first kappa shape index (κ1) is 37.2. The van der Waals surface area contributed by atoms with Crippen molar-refractivity contribution in [3.8, 4) is 5.75 Å². The molecule has 1 amide bonds. The molecule has 3 aromatic rings. The Bertz CT molecular complexity index is 1610. The Kier molecular flexibility index (Phi) is 11.0. The molecule has 268 valence electrons. The van der Waals surface area contributed by atoms with Crippen LogP contribution in [0.15, 0.2) is 36.4 Å². The Morgan fingerprint density at radius 2 is 1.57 bits per heavy atom. The van der Waals surface area contributed by atoms with Crippen LogP contribution in [0.3, 0.4) is 0 Å². The molecule has 4 rings (SSSR count). The number of carbonyl (C=O) groups excluding carboxylic acids is 2. The molecule has 0 fully saturated rings. The fourth-order valence-electron chi connectivity index (χ4n) is 5.67. The summed E-state index contributed by atoms with van der Waals surface area (Å²) in [6.45, 7) is 1.07. The molecule has 19 heteroatoms. The van der Waals surface area contributed by atoms with E-state index in [2.05, 4.69) is 24.9 Å². The number of aromatic nitrogens is 4. The molecule has 2 aromatic carbocycles. The molecule has 1 aromatic heterocycles. The van der Waals surface area contributed by atoms with Crippen molar-refractivity contribution in [3.05, 3.63) is 58.7 Å². The summed E-state index contributed by atoms with van der Waals surface area (Å²) >= 11 is 0. The SMILES string of the molecule is CC[C@@H]1C[C@H](N(Cc2cc(C(F)(F)F)cc(C(F)(F)F)c2)c2nnn(C)n2)c2cc(OC(F)(F)F)ccc2N1C(=O)CCCCC(=O)OC. The number of amides is 1. The Labute approximate surface area is 273 Å². The standard InChI is InChI=1S/C30H31F9N6O4/c1-4-20-14-24(22-15-21(49-30(37,38)39)9-10-23(22)45(20)25(46)7-5-6-8-26(47)48-3)44(27-40-42-43(2)41-27)16-17-11-18(28(31,32)33)13-19(12-17)29(34,35)36/h9-13,15,20,24H,4-8,14,16H2,1-3H3/t20-,24+/m1/s1. The van der Waals surface area contributed by atoms with Gasteiger partial charge in [0.25, 0.3) is 5.95 Å². The van der Waals surface area contributed by atoms with Gasteiger partial charge in [-0.1, -0.05) is 12.0 Å². The van der Waals surface area contributed by atoms with Gasteiger partial charge in [0, 0.05) is 36.7 Å². The summed E-state index contributed by atoms with van der Waals surface area (Å²) in [5, 5.41) is 11.8. The molecule has 0 bridgehead atoms. The number of hydrogen-bond acceptors (Lipinski definition) is 8. The minimum atomic E-state index is -5.14. The number of unbranched alkanes of at least 4 members (excludes halogenated alkanes) is 1. The number of methoxy groups -OCH3 is 1. The maximum Gasteiger partial charge on any atom is 0.573 e.